The van der Waals surface area contributed by atoms with Gasteiger partial charge in [0, 0.05) is 25.0 Å². The van der Waals surface area contributed by atoms with E-state index in [0.29, 0.717) is 34.3 Å². The number of hydrogen-bond acceptors (Lipinski definition) is 7. The van der Waals surface area contributed by atoms with Crippen LogP contribution in [0.3, 0.4) is 0 Å². The number of aryl methyl sites for hydroxylation is 3. The van der Waals surface area contributed by atoms with Crippen molar-refractivity contribution in [1.82, 2.24) is 29.8 Å². The van der Waals surface area contributed by atoms with Crippen molar-refractivity contribution in [3.05, 3.63) is 59.8 Å². The van der Waals surface area contributed by atoms with Gasteiger partial charge in [0.25, 0.3) is 0 Å². The molecular formula is C23H24F3N7O. The molecule has 0 aliphatic heterocycles. The number of ether oxygens (including phenoxy) is 1. The van der Waals surface area contributed by atoms with Crippen molar-refractivity contribution in [2.24, 2.45) is 7.05 Å². The highest BCUT2D eigenvalue weighted by atomic mass is 19.4. The first-order valence-electron chi connectivity index (χ1n) is 10.6. The molecule has 34 heavy (non-hydrogen) atoms. The summed E-state index contributed by atoms with van der Waals surface area (Å²) in [6, 6.07) is 4.68. The number of pyridine rings is 3. The van der Waals surface area contributed by atoms with Gasteiger partial charge in [0.2, 0.25) is 5.88 Å². The fourth-order valence-corrected chi connectivity index (χ4v) is 3.54. The van der Waals surface area contributed by atoms with E-state index in [-0.39, 0.29) is 12.1 Å². The highest BCUT2D eigenvalue weighted by Gasteiger charge is 2.40. The van der Waals surface area contributed by atoms with Crippen LogP contribution in [-0.2, 0) is 7.05 Å². The zero-order valence-corrected chi connectivity index (χ0v) is 19.1. The molecule has 4 aromatic heterocycles. The molecule has 0 fully saturated rings. The van der Waals surface area contributed by atoms with Gasteiger partial charge in [-0.2, -0.15) is 18.2 Å². The average Bonchev–Trinajstić information content (AvgIpc) is 3.15. The van der Waals surface area contributed by atoms with E-state index in [2.05, 4.69) is 30.6 Å². The van der Waals surface area contributed by atoms with Gasteiger partial charge in [-0.25, -0.2) is 9.97 Å². The smallest absolute Gasteiger partial charge is 0.407 e. The predicted octanol–water partition coefficient (Wildman–Crippen LogP) is 5.12. The largest absolute Gasteiger partial charge is 0.437 e. The van der Waals surface area contributed by atoms with E-state index in [0.717, 1.165) is 11.3 Å². The Kier molecular flexibility index (Phi) is 6.38. The number of anilines is 2. The minimum Gasteiger partial charge on any atom is -0.437 e. The van der Waals surface area contributed by atoms with Gasteiger partial charge < -0.3 is 19.9 Å². The summed E-state index contributed by atoms with van der Waals surface area (Å²) in [7, 11) is 1.81. The molecule has 1 atom stereocenters. The summed E-state index contributed by atoms with van der Waals surface area (Å²) in [5, 5.41) is 5.57. The number of aromatic nitrogens is 5. The minimum absolute atomic E-state index is 0.0315. The van der Waals surface area contributed by atoms with Gasteiger partial charge >= 0.3 is 6.18 Å². The average molecular weight is 471 g/mol. The number of imidazole rings is 1. The van der Waals surface area contributed by atoms with Crippen molar-refractivity contribution in [3.63, 3.8) is 0 Å². The van der Waals surface area contributed by atoms with Gasteiger partial charge in [-0.15, -0.1) is 0 Å². The SMILES string of the molecule is CCNC(c1ccc(Nc2cc(Oc3cnc(C)cc3C)nc3c2ncn3C)nc1)C(F)(F)F. The highest BCUT2D eigenvalue weighted by Crippen LogP contribution is 2.34. The van der Waals surface area contributed by atoms with E-state index in [1.807, 2.05) is 19.9 Å². The number of fused-ring (bicyclic) bond motifs is 1. The number of nitrogens with one attached hydrogen (secondary N) is 2. The van der Waals surface area contributed by atoms with Crippen LogP contribution in [0, 0.1) is 13.8 Å². The Morgan fingerprint density at radius 2 is 1.88 bits per heavy atom. The monoisotopic (exact) mass is 471 g/mol. The summed E-state index contributed by atoms with van der Waals surface area (Å²) >= 11 is 0. The van der Waals surface area contributed by atoms with Crippen LogP contribution in [0.15, 0.2) is 43.0 Å². The van der Waals surface area contributed by atoms with Crippen molar-refractivity contribution in [2.75, 3.05) is 11.9 Å². The standard InChI is InChI=1S/C23H24F3N7O/c1-5-27-21(23(24,25)26)15-6-7-18(29-10-15)31-16-9-19(32-22-20(16)30-12-33(22)4)34-17-11-28-14(3)8-13(17)2/h6-12,21,27H,5H2,1-4H3,(H,29,31,32). The molecule has 0 amide bonds. The Balaban J connectivity index is 1.65. The molecule has 1 unspecified atom stereocenters. The van der Waals surface area contributed by atoms with Gasteiger partial charge in [-0.1, -0.05) is 13.0 Å². The molecule has 178 valence electrons. The lowest BCUT2D eigenvalue weighted by Crippen LogP contribution is -2.34. The molecular weight excluding hydrogens is 447 g/mol. The third-order valence-electron chi connectivity index (χ3n) is 5.18. The lowest BCUT2D eigenvalue weighted by molar-refractivity contribution is -0.157. The molecule has 2 N–H and O–H groups in total. The summed E-state index contributed by atoms with van der Waals surface area (Å²) < 4.78 is 47.8. The molecule has 0 aliphatic rings. The van der Waals surface area contributed by atoms with Crippen LogP contribution in [0.25, 0.3) is 11.2 Å². The summed E-state index contributed by atoms with van der Waals surface area (Å²) in [6.07, 6.45) is 0.0342. The van der Waals surface area contributed by atoms with Crippen molar-refractivity contribution < 1.29 is 17.9 Å². The van der Waals surface area contributed by atoms with Crippen LogP contribution in [0.1, 0.15) is 29.8 Å². The van der Waals surface area contributed by atoms with Crippen molar-refractivity contribution in [1.29, 1.82) is 0 Å². The quantitative estimate of drug-likeness (QED) is 0.386. The van der Waals surface area contributed by atoms with Crippen LogP contribution < -0.4 is 15.4 Å². The molecule has 0 spiro atoms. The minimum atomic E-state index is -4.42. The van der Waals surface area contributed by atoms with Gasteiger partial charge in [0.15, 0.2) is 11.4 Å². The number of hydrogen-bond donors (Lipinski definition) is 2. The number of alkyl halides is 3. The molecule has 11 heteroatoms. The fourth-order valence-electron chi connectivity index (χ4n) is 3.54. The maximum atomic E-state index is 13.3. The second-order valence-electron chi connectivity index (χ2n) is 7.86. The van der Waals surface area contributed by atoms with E-state index < -0.39 is 12.2 Å². The van der Waals surface area contributed by atoms with E-state index in [1.54, 1.807) is 37.1 Å². The van der Waals surface area contributed by atoms with Crippen LogP contribution in [-0.4, -0.2) is 37.2 Å². The van der Waals surface area contributed by atoms with E-state index in [4.69, 9.17) is 4.74 Å². The first-order chi connectivity index (χ1) is 16.2. The van der Waals surface area contributed by atoms with Crippen molar-refractivity contribution >= 4 is 22.7 Å². The van der Waals surface area contributed by atoms with Crippen LogP contribution in [0.4, 0.5) is 24.7 Å². The van der Waals surface area contributed by atoms with Crippen LogP contribution >= 0.6 is 0 Å². The molecule has 0 saturated heterocycles. The van der Waals surface area contributed by atoms with Crippen LogP contribution in [0.5, 0.6) is 11.6 Å². The zero-order chi connectivity index (χ0) is 24.5. The molecule has 0 bridgehead atoms. The number of nitrogens with zero attached hydrogens (tertiary/aromatic N) is 5. The van der Waals surface area contributed by atoms with Gasteiger partial charge in [0.1, 0.15) is 17.4 Å². The molecule has 0 radical (unpaired) electrons. The third kappa shape index (κ3) is 4.93. The lowest BCUT2D eigenvalue weighted by atomic mass is 10.1. The Labute approximate surface area is 194 Å². The van der Waals surface area contributed by atoms with Gasteiger partial charge in [-0.3, -0.25) is 4.98 Å². The molecule has 8 nitrogen and oxygen atoms in total. The Bertz CT molecular complexity index is 1300. The van der Waals surface area contributed by atoms with Crippen molar-refractivity contribution in [2.45, 2.75) is 33.0 Å². The summed E-state index contributed by atoms with van der Waals surface area (Å²) in [5.74, 6) is 1.24. The molecule has 4 aromatic rings. The topological polar surface area (TPSA) is 89.8 Å². The molecule has 0 aliphatic carbocycles. The molecule has 4 heterocycles. The second-order valence-corrected chi connectivity index (χ2v) is 7.86. The zero-order valence-electron chi connectivity index (χ0n) is 19.1. The predicted molar refractivity (Wildman–Crippen MR) is 122 cm³/mol. The Morgan fingerprint density at radius 1 is 1.09 bits per heavy atom. The van der Waals surface area contributed by atoms with Crippen molar-refractivity contribution in [3.8, 4) is 11.6 Å². The van der Waals surface area contributed by atoms with E-state index in [9.17, 15) is 13.2 Å². The molecule has 4 rings (SSSR count). The highest BCUT2D eigenvalue weighted by molar-refractivity contribution is 5.88. The lowest BCUT2D eigenvalue weighted by Gasteiger charge is -2.21. The summed E-state index contributed by atoms with van der Waals surface area (Å²) in [4.78, 5) is 17.4. The normalized spacial score (nSPS) is 12.7. The number of rotatable bonds is 7. The molecule has 0 saturated carbocycles. The van der Waals surface area contributed by atoms with Crippen LogP contribution in [0.2, 0.25) is 0 Å². The van der Waals surface area contributed by atoms with E-state index in [1.165, 1.54) is 18.3 Å². The first-order valence-corrected chi connectivity index (χ1v) is 10.6. The fraction of sp³-hybridized carbons (Fsp3) is 0.304. The van der Waals surface area contributed by atoms with Gasteiger partial charge in [-0.05, 0) is 43.7 Å². The second kappa shape index (κ2) is 9.26. The Morgan fingerprint density at radius 3 is 2.53 bits per heavy atom. The first kappa shape index (κ1) is 23.4. The van der Waals surface area contributed by atoms with E-state index >= 15 is 0 Å². The summed E-state index contributed by atoms with van der Waals surface area (Å²) in [5.41, 5.74) is 3.50. The maximum absolute atomic E-state index is 13.3. The third-order valence-corrected chi connectivity index (χ3v) is 5.18. The molecule has 0 aromatic carbocycles. The maximum Gasteiger partial charge on any atom is 0.407 e. The number of halogens is 3. The summed E-state index contributed by atoms with van der Waals surface area (Å²) in [6.45, 7) is 5.61. The Hall–Kier alpha value is -3.73. The van der Waals surface area contributed by atoms with Gasteiger partial charge in [0.05, 0.1) is 18.2 Å².